The molecule has 1 aromatic rings. The van der Waals surface area contributed by atoms with E-state index in [0.717, 1.165) is 0 Å². The van der Waals surface area contributed by atoms with Gasteiger partial charge in [-0.2, -0.15) is 20.8 Å². The van der Waals surface area contributed by atoms with Gasteiger partial charge in [-0.3, -0.25) is 8.78 Å². The van der Waals surface area contributed by atoms with E-state index in [1.54, 1.807) is 0 Å². The van der Waals surface area contributed by atoms with Crippen molar-refractivity contribution in [3.63, 3.8) is 0 Å². The van der Waals surface area contributed by atoms with Crippen LogP contribution >= 0.6 is 0 Å². The van der Waals surface area contributed by atoms with Crippen molar-refractivity contribution in [3.05, 3.63) is 40.8 Å². The van der Waals surface area contributed by atoms with Crippen molar-refractivity contribution in [1.29, 1.82) is 0 Å². The standard InChI is InChI=1S/C10H9F4.C4H9.Y/c1-10(2,3)7-8(13)5(11)4-6(12)9(7)14;1-4(2)3;/h1-3H3;1-3H3;/q2*-1;. The fraction of sp³-hybridized carbons (Fsp3) is 0.500. The summed E-state index contributed by atoms with van der Waals surface area (Å²) in [5.41, 5.74) is -1.59. The van der Waals surface area contributed by atoms with Gasteiger partial charge in [-0.25, -0.2) is 8.78 Å². The van der Waals surface area contributed by atoms with Gasteiger partial charge in [-0.1, -0.05) is 26.3 Å². The number of hydrogen-bond acceptors (Lipinski definition) is 0. The van der Waals surface area contributed by atoms with Crippen LogP contribution in [-0.4, -0.2) is 0 Å². The second-order valence-corrected chi connectivity index (χ2v) is 5.51. The maximum absolute atomic E-state index is 13.1. The predicted octanol–water partition coefficient (Wildman–Crippen LogP) is 4.96. The van der Waals surface area contributed by atoms with E-state index < -0.39 is 34.2 Å². The van der Waals surface area contributed by atoms with Crippen molar-refractivity contribution in [2.75, 3.05) is 0 Å². The van der Waals surface area contributed by atoms with Gasteiger partial charge < -0.3 is 5.92 Å². The van der Waals surface area contributed by atoms with Crippen LogP contribution in [0.1, 0.15) is 47.1 Å². The minimum atomic E-state index is -1.49. The molecule has 0 saturated carbocycles. The summed E-state index contributed by atoms with van der Waals surface area (Å²) in [5, 5.41) is 0. The first kappa shape index (κ1) is 21.3. The molecule has 0 aliphatic rings. The number of halogens is 4. The number of hydrogen-bond donors (Lipinski definition) is 0. The Morgan fingerprint density at radius 3 is 1.32 bits per heavy atom. The first-order valence-electron chi connectivity index (χ1n) is 5.51. The molecule has 0 heterocycles. The van der Waals surface area contributed by atoms with Crippen LogP contribution < -0.4 is 0 Å². The summed E-state index contributed by atoms with van der Waals surface area (Å²) in [4.78, 5) is 0. The van der Waals surface area contributed by atoms with E-state index in [9.17, 15) is 17.6 Å². The van der Waals surface area contributed by atoms with Gasteiger partial charge in [-0.15, -0.1) is 6.07 Å². The Morgan fingerprint density at radius 1 is 0.842 bits per heavy atom. The molecular weight excluding hydrogens is 333 g/mol. The van der Waals surface area contributed by atoms with Crippen LogP contribution in [0.15, 0.2) is 0 Å². The minimum absolute atomic E-state index is 0. The molecule has 0 saturated heterocycles. The van der Waals surface area contributed by atoms with E-state index in [1.165, 1.54) is 32.8 Å². The third-order valence-electron chi connectivity index (χ3n) is 1.79. The van der Waals surface area contributed by atoms with Crippen molar-refractivity contribution < 1.29 is 50.3 Å². The average molecular weight is 351 g/mol. The Bertz CT molecular complexity index is 380. The molecule has 0 nitrogen and oxygen atoms in total. The summed E-state index contributed by atoms with van der Waals surface area (Å²) in [6.07, 6.45) is 0. The molecule has 1 rings (SSSR count). The van der Waals surface area contributed by atoms with Gasteiger partial charge in [-0.05, 0) is 5.41 Å². The van der Waals surface area contributed by atoms with Crippen LogP contribution in [0.2, 0.25) is 0 Å². The maximum atomic E-state index is 13.1. The normalized spacial score (nSPS) is 10.7. The van der Waals surface area contributed by atoms with Gasteiger partial charge >= 0.3 is 0 Å². The Balaban J connectivity index is 0. The van der Waals surface area contributed by atoms with E-state index in [0.29, 0.717) is 0 Å². The summed E-state index contributed by atoms with van der Waals surface area (Å²) in [5.74, 6) is -4.32. The summed E-state index contributed by atoms with van der Waals surface area (Å²) < 4.78 is 51.7. The van der Waals surface area contributed by atoms with Gasteiger partial charge in [0.05, 0.1) is 11.6 Å². The van der Waals surface area contributed by atoms with Gasteiger partial charge in [0.2, 0.25) is 0 Å². The Kier molecular flexibility index (Phi) is 9.39. The molecule has 0 unspecified atom stereocenters. The molecular formula is C14H18F4Y-2. The predicted molar refractivity (Wildman–Crippen MR) is 64.1 cm³/mol. The van der Waals surface area contributed by atoms with Crippen molar-refractivity contribution in [2.24, 2.45) is 0 Å². The van der Waals surface area contributed by atoms with Gasteiger partial charge in [0, 0.05) is 44.3 Å². The zero-order chi connectivity index (χ0) is 14.7. The van der Waals surface area contributed by atoms with Crippen LogP contribution in [0.5, 0.6) is 0 Å². The molecule has 0 aliphatic carbocycles. The topological polar surface area (TPSA) is 0 Å². The zero-order valence-corrected chi connectivity index (χ0v) is 14.9. The molecule has 1 radical (unpaired) electrons. The maximum Gasteiger partial charge on any atom is 0.0500 e. The monoisotopic (exact) mass is 351 g/mol. The minimum Gasteiger partial charge on any atom is -0.323 e. The van der Waals surface area contributed by atoms with E-state index in [-0.39, 0.29) is 32.7 Å². The van der Waals surface area contributed by atoms with Gasteiger partial charge in [0.25, 0.3) is 0 Å². The van der Waals surface area contributed by atoms with Crippen LogP contribution in [0.3, 0.4) is 0 Å². The third-order valence-corrected chi connectivity index (χ3v) is 1.79. The molecule has 107 valence electrons. The van der Waals surface area contributed by atoms with E-state index in [4.69, 9.17) is 0 Å². The molecule has 19 heavy (non-hydrogen) atoms. The second-order valence-electron chi connectivity index (χ2n) is 5.51. The molecule has 0 aromatic heterocycles. The van der Waals surface area contributed by atoms with E-state index in [1.807, 2.05) is 0 Å². The molecule has 0 N–H and O–H groups in total. The molecule has 0 aliphatic heterocycles. The molecule has 0 fully saturated rings. The van der Waals surface area contributed by atoms with Crippen molar-refractivity contribution in [1.82, 2.24) is 0 Å². The zero-order valence-electron chi connectivity index (χ0n) is 12.1. The molecule has 0 amide bonds. The summed E-state index contributed by atoms with van der Waals surface area (Å²) in [7, 11) is 0. The summed E-state index contributed by atoms with van der Waals surface area (Å²) in [6, 6.07) is 1.34. The molecule has 0 bridgehead atoms. The quantitative estimate of drug-likeness (QED) is 0.352. The van der Waals surface area contributed by atoms with Gasteiger partial charge in [0.1, 0.15) is 0 Å². The van der Waals surface area contributed by atoms with Crippen molar-refractivity contribution in [3.8, 4) is 0 Å². The molecule has 0 atom stereocenters. The Hall–Kier alpha value is 0.0439. The van der Waals surface area contributed by atoms with Crippen molar-refractivity contribution >= 4 is 0 Å². The van der Waals surface area contributed by atoms with Crippen LogP contribution in [0.25, 0.3) is 0 Å². The van der Waals surface area contributed by atoms with Crippen LogP contribution in [0.4, 0.5) is 17.6 Å². The fourth-order valence-electron chi connectivity index (χ4n) is 1.18. The first-order chi connectivity index (χ1) is 7.98. The summed E-state index contributed by atoms with van der Waals surface area (Å²) in [6.45, 7) is 10.6. The number of rotatable bonds is 0. The van der Waals surface area contributed by atoms with E-state index >= 15 is 0 Å². The smallest absolute Gasteiger partial charge is 0.0500 e. The third kappa shape index (κ3) is 6.85. The molecule has 0 spiro atoms. The van der Waals surface area contributed by atoms with Crippen LogP contribution in [0, 0.1) is 35.3 Å². The number of benzene rings is 1. The first-order valence-corrected chi connectivity index (χ1v) is 5.51. The van der Waals surface area contributed by atoms with Crippen LogP contribution in [-0.2, 0) is 38.1 Å². The average Bonchev–Trinajstić information content (AvgIpc) is 2.12. The van der Waals surface area contributed by atoms with Gasteiger partial charge in [0.15, 0.2) is 0 Å². The Morgan fingerprint density at radius 2 is 1.11 bits per heavy atom. The van der Waals surface area contributed by atoms with E-state index in [2.05, 4.69) is 20.8 Å². The Labute approximate surface area is 137 Å². The molecule has 5 heteroatoms. The fourth-order valence-corrected chi connectivity index (χ4v) is 1.18. The van der Waals surface area contributed by atoms with Crippen molar-refractivity contribution in [2.45, 2.75) is 47.0 Å². The second kappa shape index (κ2) is 8.36. The SMILES string of the molecule is CC(C)(C)c1c(F)c(F)[c-]c(F)c1F.C[C-](C)C.[Y]. The summed E-state index contributed by atoms with van der Waals surface area (Å²) >= 11 is 0. The largest absolute Gasteiger partial charge is 0.323 e. The molecule has 1 aromatic carbocycles.